The number of nitro groups is 1. The fourth-order valence-corrected chi connectivity index (χ4v) is 1.34. The zero-order valence-electron chi connectivity index (χ0n) is 9.64. The number of hydrogen-bond donors (Lipinski definition) is 1. The van der Waals surface area contributed by atoms with Gasteiger partial charge in [0.1, 0.15) is 6.07 Å². The highest BCUT2D eigenvalue weighted by molar-refractivity contribution is 5.49. The van der Waals surface area contributed by atoms with Crippen LogP contribution in [0.25, 0.3) is 0 Å². The van der Waals surface area contributed by atoms with Gasteiger partial charge in [-0.2, -0.15) is 5.26 Å². The SMILES string of the molecule is CNCc1ccc(OC(C)C#N)c([N+](=O)[O-])c1. The summed E-state index contributed by atoms with van der Waals surface area (Å²) in [7, 11) is 1.76. The number of nitro benzene ring substituents is 1. The van der Waals surface area contributed by atoms with Crippen LogP contribution in [0.3, 0.4) is 0 Å². The molecule has 0 saturated heterocycles. The van der Waals surface area contributed by atoms with Gasteiger partial charge in [-0.1, -0.05) is 6.07 Å². The number of hydrogen-bond acceptors (Lipinski definition) is 5. The van der Waals surface area contributed by atoms with Crippen LogP contribution in [0.5, 0.6) is 5.75 Å². The van der Waals surface area contributed by atoms with Crippen LogP contribution in [0.1, 0.15) is 12.5 Å². The molecule has 1 atom stereocenters. The molecule has 6 nitrogen and oxygen atoms in total. The van der Waals surface area contributed by atoms with Crippen molar-refractivity contribution in [2.75, 3.05) is 7.05 Å². The smallest absolute Gasteiger partial charge is 0.311 e. The maximum absolute atomic E-state index is 10.9. The van der Waals surface area contributed by atoms with Crippen molar-refractivity contribution < 1.29 is 9.66 Å². The van der Waals surface area contributed by atoms with Crippen LogP contribution in [0, 0.1) is 21.4 Å². The maximum atomic E-state index is 10.9. The molecule has 17 heavy (non-hydrogen) atoms. The van der Waals surface area contributed by atoms with Gasteiger partial charge in [-0.05, 0) is 25.6 Å². The Balaban J connectivity index is 3.05. The van der Waals surface area contributed by atoms with Crippen molar-refractivity contribution in [1.82, 2.24) is 5.32 Å². The Kier molecular flexibility index (Phi) is 4.43. The van der Waals surface area contributed by atoms with E-state index in [1.54, 1.807) is 13.1 Å². The minimum absolute atomic E-state index is 0.115. The third kappa shape index (κ3) is 3.43. The van der Waals surface area contributed by atoms with Crippen molar-refractivity contribution in [3.05, 3.63) is 33.9 Å². The maximum Gasteiger partial charge on any atom is 0.311 e. The zero-order chi connectivity index (χ0) is 12.8. The summed E-state index contributed by atoms with van der Waals surface area (Å²) in [6.07, 6.45) is -0.719. The summed E-state index contributed by atoms with van der Waals surface area (Å²) in [5, 5.41) is 22.4. The molecule has 0 bridgehead atoms. The van der Waals surface area contributed by atoms with E-state index in [4.69, 9.17) is 10.00 Å². The standard InChI is InChI=1S/C11H13N3O3/c1-8(6-12)17-11-4-3-9(7-13-2)5-10(11)14(15)16/h3-5,8,13H,7H2,1-2H3. The second-order valence-electron chi connectivity index (χ2n) is 3.48. The summed E-state index contributed by atoms with van der Waals surface area (Å²) < 4.78 is 5.17. The molecule has 0 aliphatic rings. The van der Waals surface area contributed by atoms with Crippen molar-refractivity contribution in [3.8, 4) is 11.8 Å². The minimum Gasteiger partial charge on any atom is -0.469 e. The molecule has 0 heterocycles. The molecule has 0 radical (unpaired) electrons. The molecule has 0 aromatic heterocycles. The predicted molar refractivity (Wildman–Crippen MR) is 61.6 cm³/mol. The molecule has 0 saturated carbocycles. The first-order valence-electron chi connectivity index (χ1n) is 5.06. The summed E-state index contributed by atoms with van der Waals surface area (Å²) in [6.45, 7) is 2.07. The Labute approximate surface area is 99.0 Å². The molecule has 0 spiro atoms. The molecule has 1 unspecified atom stereocenters. The van der Waals surface area contributed by atoms with Gasteiger partial charge in [0, 0.05) is 12.6 Å². The highest BCUT2D eigenvalue weighted by atomic mass is 16.6. The molecule has 90 valence electrons. The van der Waals surface area contributed by atoms with Crippen molar-refractivity contribution >= 4 is 5.69 Å². The molecule has 6 heteroatoms. The summed E-state index contributed by atoms with van der Waals surface area (Å²) >= 11 is 0. The number of ether oxygens (including phenoxy) is 1. The molecule has 0 aliphatic carbocycles. The highest BCUT2D eigenvalue weighted by Gasteiger charge is 2.17. The largest absolute Gasteiger partial charge is 0.469 e. The van der Waals surface area contributed by atoms with Gasteiger partial charge in [0.15, 0.2) is 11.9 Å². The van der Waals surface area contributed by atoms with E-state index < -0.39 is 11.0 Å². The number of benzene rings is 1. The van der Waals surface area contributed by atoms with Crippen LogP contribution in [0.2, 0.25) is 0 Å². The van der Waals surface area contributed by atoms with Crippen LogP contribution >= 0.6 is 0 Å². The lowest BCUT2D eigenvalue weighted by atomic mass is 10.2. The van der Waals surface area contributed by atoms with Gasteiger partial charge in [0.2, 0.25) is 0 Å². The van der Waals surface area contributed by atoms with Crippen LogP contribution in [-0.2, 0) is 6.54 Å². The Hall–Kier alpha value is -2.13. The quantitative estimate of drug-likeness (QED) is 0.618. The van der Waals surface area contributed by atoms with E-state index in [0.717, 1.165) is 5.56 Å². The normalized spacial score (nSPS) is 11.6. The summed E-state index contributed by atoms with van der Waals surface area (Å²) in [5.74, 6) is 0.115. The Morgan fingerprint density at radius 1 is 1.65 bits per heavy atom. The third-order valence-corrected chi connectivity index (χ3v) is 2.09. The molecular formula is C11H13N3O3. The van der Waals surface area contributed by atoms with E-state index in [-0.39, 0.29) is 11.4 Å². The van der Waals surface area contributed by atoms with Gasteiger partial charge in [0.05, 0.1) is 4.92 Å². The molecule has 0 fully saturated rings. The van der Waals surface area contributed by atoms with Gasteiger partial charge < -0.3 is 10.1 Å². The lowest BCUT2D eigenvalue weighted by Gasteiger charge is -2.09. The highest BCUT2D eigenvalue weighted by Crippen LogP contribution is 2.28. The number of nitrogens with one attached hydrogen (secondary N) is 1. The van der Waals surface area contributed by atoms with Gasteiger partial charge in [-0.15, -0.1) is 0 Å². The van der Waals surface area contributed by atoms with Crippen LogP contribution < -0.4 is 10.1 Å². The molecule has 1 N–H and O–H groups in total. The minimum atomic E-state index is -0.719. The average Bonchev–Trinajstić information content (AvgIpc) is 2.31. The first-order chi connectivity index (χ1) is 8.08. The van der Waals surface area contributed by atoms with Gasteiger partial charge in [-0.25, -0.2) is 0 Å². The molecule has 0 amide bonds. The Morgan fingerprint density at radius 3 is 2.88 bits per heavy atom. The van der Waals surface area contributed by atoms with E-state index in [0.29, 0.717) is 6.54 Å². The van der Waals surface area contributed by atoms with Gasteiger partial charge in [-0.3, -0.25) is 10.1 Å². The Bertz CT molecular complexity index is 454. The van der Waals surface area contributed by atoms with Crippen LogP contribution in [-0.4, -0.2) is 18.1 Å². The van der Waals surface area contributed by atoms with Crippen LogP contribution in [0.4, 0.5) is 5.69 Å². The summed E-state index contributed by atoms with van der Waals surface area (Å²) in [6, 6.07) is 6.54. The molecular weight excluding hydrogens is 222 g/mol. The van der Waals surface area contributed by atoms with E-state index >= 15 is 0 Å². The second-order valence-corrected chi connectivity index (χ2v) is 3.48. The molecule has 0 aliphatic heterocycles. The fourth-order valence-electron chi connectivity index (χ4n) is 1.34. The van der Waals surface area contributed by atoms with Crippen molar-refractivity contribution in [1.29, 1.82) is 5.26 Å². The number of nitrogens with zero attached hydrogens (tertiary/aromatic N) is 2. The average molecular weight is 235 g/mol. The number of rotatable bonds is 5. The van der Waals surface area contributed by atoms with Crippen molar-refractivity contribution in [2.45, 2.75) is 19.6 Å². The molecule has 1 aromatic carbocycles. The first kappa shape index (κ1) is 12.9. The lowest BCUT2D eigenvalue weighted by molar-refractivity contribution is -0.386. The monoisotopic (exact) mass is 235 g/mol. The predicted octanol–water partition coefficient (Wildman–Crippen LogP) is 1.61. The first-order valence-corrected chi connectivity index (χ1v) is 5.06. The lowest BCUT2D eigenvalue weighted by Crippen LogP contribution is -2.10. The van der Waals surface area contributed by atoms with Crippen molar-refractivity contribution in [3.63, 3.8) is 0 Å². The summed E-state index contributed by atoms with van der Waals surface area (Å²) in [5.41, 5.74) is 0.663. The van der Waals surface area contributed by atoms with Crippen LogP contribution in [0.15, 0.2) is 18.2 Å². The van der Waals surface area contributed by atoms with Gasteiger partial charge >= 0.3 is 5.69 Å². The molecule has 1 aromatic rings. The van der Waals surface area contributed by atoms with E-state index in [2.05, 4.69) is 5.32 Å². The molecule has 1 rings (SSSR count). The van der Waals surface area contributed by atoms with E-state index in [9.17, 15) is 10.1 Å². The second kappa shape index (κ2) is 5.82. The Morgan fingerprint density at radius 2 is 2.35 bits per heavy atom. The zero-order valence-corrected chi connectivity index (χ0v) is 9.64. The number of nitriles is 1. The van der Waals surface area contributed by atoms with Crippen molar-refractivity contribution in [2.24, 2.45) is 0 Å². The fraction of sp³-hybridized carbons (Fsp3) is 0.364. The third-order valence-electron chi connectivity index (χ3n) is 2.09. The van der Waals surface area contributed by atoms with E-state index in [1.165, 1.54) is 19.1 Å². The van der Waals surface area contributed by atoms with E-state index in [1.807, 2.05) is 6.07 Å². The summed E-state index contributed by atoms with van der Waals surface area (Å²) in [4.78, 5) is 10.4. The van der Waals surface area contributed by atoms with Gasteiger partial charge in [0.25, 0.3) is 0 Å². The topological polar surface area (TPSA) is 88.2 Å².